The van der Waals surface area contributed by atoms with Crippen LogP contribution in [0.15, 0.2) is 73.2 Å². The first-order valence-corrected chi connectivity index (χ1v) is 7.12. The van der Waals surface area contributed by atoms with E-state index in [4.69, 9.17) is 0 Å². The lowest BCUT2D eigenvalue weighted by Gasteiger charge is -1.96. The highest BCUT2D eigenvalue weighted by molar-refractivity contribution is 5.52. The van der Waals surface area contributed by atoms with Gasteiger partial charge in [-0.05, 0) is 42.8 Å². The van der Waals surface area contributed by atoms with E-state index in [-0.39, 0.29) is 0 Å². The Balaban J connectivity index is 0.000000161. The van der Waals surface area contributed by atoms with Crippen molar-refractivity contribution in [2.75, 3.05) is 0 Å². The molecule has 3 heteroatoms. The van der Waals surface area contributed by atoms with Gasteiger partial charge in [0.1, 0.15) is 0 Å². The largest absolute Gasteiger partial charge is 0.261 e. The van der Waals surface area contributed by atoms with Gasteiger partial charge >= 0.3 is 0 Å². The second-order valence-corrected chi connectivity index (χ2v) is 4.50. The molecule has 0 aromatic carbocycles. The van der Waals surface area contributed by atoms with Crippen LogP contribution in [0.25, 0.3) is 11.4 Å². The monoisotopic (exact) mass is 277 g/mol. The first-order valence-electron chi connectivity index (χ1n) is 7.12. The predicted octanol–water partition coefficient (Wildman–Crippen LogP) is 4.18. The van der Waals surface area contributed by atoms with Gasteiger partial charge in [0.15, 0.2) is 0 Å². The summed E-state index contributed by atoms with van der Waals surface area (Å²) >= 11 is 0. The lowest BCUT2D eigenvalue weighted by atomic mass is 10.2. The third-order valence-corrected chi connectivity index (χ3v) is 2.82. The van der Waals surface area contributed by atoms with E-state index in [1.807, 2.05) is 54.7 Å². The summed E-state index contributed by atoms with van der Waals surface area (Å²) in [6.07, 6.45) is 7.65. The summed E-state index contributed by atoms with van der Waals surface area (Å²) in [5.41, 5.74) is 3.02. The molecule has 0 aliphatic rings. The summed E-state index contributed by atoms with van der Waals surface area (Å²) in [7, 11) is 0. The molecule has 0 amide bonds. The number of nitrogens with zero attached hydrogens (tertiary/aromatic N) is 3. The Bertz CT molecular complexity index is 572. The summed E-state index contributed by atoms with van der Waals surface area (Å²) in [5.74, 6) is 0. The van der Waals surface area contributed by atoms with Crippen LogP contribution in [-0.2, 0) is 6.42 Å². The zero-order valence-corrected chi connectivity index (χ0v) is 12.2. The van der Waals surface area contributed by atoms with Crippen molar-refractivity contribution in [1.82, 2.24) is 15.0 Å². The maximum atomic E-state index is 4.19. The number of hydrogen-bond acceptors (Lipinski definition) is 3. The van der Waals surface area contributed by atoms with Crippen LogP contribution >= 0.6 is 0 Å². The molecule has 21 heavy (non-hydrogen) atoms. The van der Waals surface area contributed by atoms with Crippen molar-refractivity contribution in [3.8, 4) is 11.4 Å². The maximum absolute atomic E-state index is 4.19. The molecule has 0 aliphatic carbocycles. The molecule has 0 aliphatic heterocycles. The fourth-order valence-corrected chi connectivity index (χ4v) is 1.83. The van der Waals surface area contributed by atoms with Crippen LogP contribution in [0.3, 0.4) is 0 Å². The first-order chi connectivity index (χ1) is 10.4. The van der Waals surface area contributed by atoms with Crippen molar-refractivity contribution in [2.24, 2.45) is 0 Å². The summed E-state index contributed by atoms with van der Waals surface area (Å²) in [4.78, 5) is 12.5. The van der Waals surface area contributed by atoms with Gasteiger partial charge < -0.3 is 0 Å². The van der Waals surface area contributed by atoms with Crippen molar-refractivity contribution >= 4 is 0 Å². The van der Waals surface area contributed by atoms with Gasteiger partial charge in [0.2, 0.25) is 0 Å². The van der Waals surface area contributed by atoms with E-state index in [1.165, 1.54) is 12.1 Å². The lowest BCUT2D eigenvalue weighted by Crippen LogP contribution is -1.84. The van der Waals surface area contributed by atoms with Crippen LogP contribution in [0.5, 0.6) is 0 Å². The Morgan fingerprint density at radius 1 is 0.667 bits per heavy atom. The third kappa shape index (κ3) is 5.15. The summed E-state index contributed by atoms with van der Waals surface area (Å²) in [6.45, 7) is 2.16. The van der Waals surface area contributed by atoms with Gasteiger partial charge in [0, 0.05) is 24.3 Å². The maximum Gasteiger partial charge on any atom is 0.0886 e. The molecule has 0 bridgehead atoms. The number of hydrogen-bond donors (Lipinski definition) is 0. The highest BCUT2D eigenvalue weighted by Crippen LogP contribution is 2.10. The Morgan fingerprint density at radius 2 is 1.19 bits per heavy atom. The molecule has 0 saturated carbocycles. The highest BCUT2D eigenvalue weighted by atomic mass is 14.7. The molecule has 3 aromatic heterocycles. The van der Waals surface area contributed by atoms with Crippen molar-refractivity contribution in [1.29, 1.82) is 0 Å². The molecular formula is C18H19N3. The molecule has 3 rings (SSSR count). The minimum atomic E-state index is 0.915. The molecule has 0 saturated heterocycles. The SMILES string of the molecule is CCCc1ccccn1.c1ccc(-c2ccccn2)nc1. The van der Waals surface area contributed by atoms with E-state index in [9.17, 15) is 0 Å². The van der Waals surface area contributed by atoms with Gasteiger partial charge in [-0.25, -0.2) is 0 Å². The fourth-order valence-electron chi connectivity index (χ4n) is 1.83. The number of aryl methyl sites for hydroxylation is 1. The van der Waals surface area contributed by atoms with Gasteiger partial charge in [-0.1, -0.05) is 31.5 Å². The Morgan fingerprint density at radius 3 is 1.57 bits per heavy atom. The van der Waals surface area contributed by atoms with E-state index in [0.717, 1.165) is 17.8 Å². The van der Waals surface area contributed by atoms with Crippen LogP contribution < -0.4 is 0 Å². The summed E-state index contributed by atoms with van der Waals surface area (Å²) in [6, 6.07) is 17.6. The lowest BCUT2D eigenvalue weighted by molar-refractivity contribution is 0.883. The van der Waals surface area contributed by atoms with E-state index < -0.39 is 0 Å². The molecule has 0 spiro atoms. The molecule has 0 atom stereocenters. The van der Waals surface area contributed by atoms with Gasteiger partial charge in [-0.15, -0.1) is 0 Å². The van der Waals surface area contributed by atoms with Crippen LogP contribution in [0, 0.1) is 0 Å². The fraction of sp³-hybridized carbons (Fsp3) is 0.167. The quantitative estimate of drug-likeness (QED) is 0.721. The molecule has 0 fully saturated rings. The average molecular weight is 277 g/mol. The molecule has 3 nitrogen and oxygen atoms in total. The molecule has 0 N–H and O–H groups in total. The van der Waals surface area contributed by atoms with Gasteiger partial charge in [-0.3, -0.25) is 15.0 Å². The first kappa shape index (κ1) is 14.9. The van der Waals surface area contributed by atoms with Crippen LogP contribution in [0.4, 0.5) is 0 Å². The average Bonchev–Trinajstić information content (AvgIpc) is 2.58. The van der Waals surface area contributed by atoms with Crippen molar-refractivity contribution in [3.05, 3.63) is 78.9 Å². The number of rotatable bonds is 3. The van der Waals surface area contributed by atoms with Crippen LogP contribution in [-0.4, -0.2) is 15.0 Å². The summed E-state index contributed by atoms with van der Waals surface area (Å²) in [5, 5.41) is 0. The molecule has 3 aromatic rings. The Kier molecular flexibility index (Phi) is 6.07. The minimum absolute atomic E-state index is 0.915. The zero-order chi connectivity index (χ0) is 14.8. The Labute approximate surface area is 125 Å². The molecule has 0 unspecified atom stereocenters. The van der Waals surface area contributed by atoms with E-state index in [1.54, 1.807) is 12.4 Å². The molecule has 106 valence electrons. The van der Waals surface area contributed by atoms with Gasteiger partial charge in [0.05, 0.1) is 11.4 Å². The molecular weight excluding hydrogens is 258 g/mol. The Hall–Kier alpha value is -2.55. The van der Waals surface area contributed by atoms with Gasteiger partial charge in [-0.2, -0.15) is 0 Å². The second-order valence-electron chi connectivity index (χ2n) is 4.50. The van der Waals surface area contributed by atoms with Gasteiger partial charge in [0.25, 0.3) is 0 Å². The normalized spacial score (nSPS) is 9.57. The number of pyridine rings is 3. The second kappa shape index (κ2) is 8.59. The van der Waals surface area contributed by atoms with E-state index in [0.29, 0.717) is 0 Å². The molecule has 0 radical (unpaired) electrons. The highest BCUT2D eigenvalue weighted by Gasteiger charge is 1.95. The van der Waals surface area contributed by atoms with Crippen LogP contribution in [0.2, 0.25) is 0 Å². The third-order valence-electron chi connectivity index (χ3n) is 2.82. The van der Waals surface area contributed by atoms with E-state index in [2.05, 4.69) is 27.9 Å². The minimum Gasteiger partial charge on any atom is -0.261 e. The smallest absolute Gasteiger partial charge is 0.0886 e. The standard InChI is InChI=1S/C10H8N2.C8H11N/c1-3-7-11-9(5-1)10-6-2-4-8-12-10;1-2-5-8-6-3-4-7-9-8/h1-8H;3-4,6-7H,2,5H2,1H3. The topological polar surface area (TPSA) is 38.7 Å². The summed E-state index contributed by atoms with van der Waals surface area (Å²) < 4.78 is 0. The van der Waals surface area contributed by atoms with Crippen molar-refractivity contribution < 1.29 is 0 Å². The number of aromatic nitrogens is 3. The predicted molar refractivity (Wildman–Crippen MR) is 85.7 cm³/mol. The van der Waals surface area contributed by atoms with Crippen molar-refractivity contribution in [2.45, 2.75) is 19.8 Å². The molecule has 3 heterocycles. The van der Waals surface area contributed by atoms with E-state index >= 15 is 0 Å². The zero-order valence-electron chi connectivity index (χ0n) is 12.2. The van der Waals surface area contributed by atoms with Crippen molar-refractivity contribution in [3.63, 3.8) is 0 Å². The van der Waals surface area contributed by atoms with Crippen LogP contribution in [0.1, 0.15) is 19.0 Å².